The number of carbonyl (C=O) groups is 3. The van der Waals surface area contributed by atoms with Gasteiger partial charge in [-0.15, -0.1) is 0 Å². The van der Waals surface area contributed by atoms with Crippen LogP contribution in [-0.4, -0.2) is 49.9 Å². The first-order chi connectivity index (χ1) is 20.3. The van der Waals surface area contributed by atoms with E-state index in [1.165, 1.54) is 13.8 Å². The summed E-state index contributed by atoms with van der Waals surface area (Å²) in [5, 5.41) is -0.993. The number of esters is 3. The Balaban J connectivity index is 1.57. The van der Waals surface area contributed by atoms with E-state index in [1.54, 1.807) is 30.3 Å². The van der Waals surface area contributed by atoms with Crippen molar-refractivity contribution in [2.24, 2.45) is 46.3 Å². The summed E-state index contributed by atoms with van der Waals surface area (Å²) in [6, 6.07) is 8.55. The van der Waals surface area contributed by atoms with Gasteiger partial charge in [0.05, 0.1) is 4.90 Å². The molecule has 5 fully saturated rings. The van der Waals surface area contributed by atoms with Gasteiger partial charge in [-0.3, -0.25) is 14.4 Å². The fourth-order valence-corrected chi connectivity index (χ4v) is 13.3. The van der Waals surface area contributed by atoms with Gasteiger partial charge < -0.3 is 14.2 Å². The first kappa shape index (κ1) is 30.6. The van der Waals surface area contributed by atoms with Crippen LogP contribution < -0.4 is 0 Å². The summed E-state index contributed by atoms with van der Waals surface area (Å²) < 4.78 is 48.4. The van der Waals surface area contributed by atoms with Gasteiger partial charge in [-0.1, -0.05) is 39.0 Å². The summed E-state index contributed by atoms with van der Waals surface area (Å²) in [6.45, 7) is 9.39. The molecule has 1 aromatic rings. The molecule has 236 valence electrons. The quantitative estimate of drug-likeness (QED) is 0.322. The number of rotatable bonds is 4. The second-order valence-corrected chi connectivity index (χ2v) is 16.7. The highest BCUT2D eigenvalue weighted by atomic mass is 32.2. The molecule has 0 aromatic heterocycles. The molecule has 9 heteroatoms. The zero-order chi connectivity index (χ0) is 30.9. The fraction of sp³-hybridized carbons (Fsp3) is 0.735. The number of carbonyl (C=O) groups excluding carboxylic acids is 3. The number of fused-ring (bicyclic) bond motifs is 4. The van der Waals surface area contributed by atoms with Crippen molar-refractivity contribution >= 4 is 27.7 Å². The van der Waals surface area contributed by atoms with Crippen molar-refractivity contribution in [1.82, 2.24) is 0 Å². The number of hydrogen-bond donors (Lipinski definition) is 0. The topological polar surface area (TPSA) is 113 Å². The number of sulfone groups is 1. The summed E-state index contributed by atoms with van der Waals surface area (Å²) in [6.07, 6.45) is 3.76. The van der Waals surface area contributed by atoms with E-state index in [0.29, 0.717) is 32.1 Å². The van der Waals surface area contributed by atoms with Crippen LogP contribution in [0.3, 0.4) is 0 Å². The van der Waals surface area contributed by atoms with Crippen molar-refractivity contribution in [2.75, 3.05) is 0 Å². The van der Waals surface area contributed by atoms with E-state index in [1.807, 2.05) is 0 Å². The van der Waals surface area contributed by atoms with E-state index in [4.69, 9.17) is 14.2 Å². The van der Waals surface area contributed by atoms with Gasteiger partial charge in [-0.2, -0.15) is 0 Å². The Bertz CT molecular complexity index is 1380. The van der Waals surface area contributed by atoms with E-state index in [0.717, 1.165) is 12.8 Å². The van der Waals surface area contributed by atoms with E-state index < -0.39 is 44.0 Å². The first-order valence-corrected chi connectivity index (χ1v) is 17.7. The van der Waals surface area contributed by atoms with Crippen molar-refractivity contribution in [3.63, 3.8) is 0 Å². The molecular weight excluding hydrogens is 568 g/mol. The minimum atomic E-state index is -4.01. The Morgan fingerprint density at radius 3 is 2.28 bits per heavy atom. The lowest BCUT2D eigenvalue weighted by atomic mass is 9.42. The summed E-state index contributed by atoms with van der Waals surface area (Å²) >= 11 is 0. The molecule has 43 heavy (non-hydrogen) atoms. The summed E-state index contributed by atoms with van der Waals surface area (Å²) in [5.41, 5.74) is -1.04. The van der Waals surface area contributed by atoms with Crippen LogP contribution in [0.5, 0.6) is 0 Å². The molecular formula is C34H46O8S. The molecule has 4 aliphatic carbocycles. The largest absolute Gasteiger partial charge is 0.463 e. The molecule has 1 aromatic carbocycles. The third-order valence-electron chi connectivity index (χ3n) is 12.6. The molecule has 4 saturated carbocycles. The van der Waals surface area contributed by atoms with Crippen LogP contribution in [0.25, 0.3) is 0 Å². The molecule has 6 rings (SSSR count). The van der Waals surface area contributed by atoms with Gasteiger partial charge in [0, 0.05) is 31.6 Å². The molecule has 12 atom stereocenters. The Hall–Kier alpha value is -2.42. The second-order valence-electron chi connectivity index (χ2n) is 14.6. The van der Waals surface area contributed by atoms with Crippen LogP contribution in [0.4, 0.5) is 0 Å². The lowest BCUT2D eigenvalue weighted by Gasteiger charge is -2.66. The lowest BCUT2D eigenvalue weighted by Crippen LogP contribution is -2.70. The first-order valence-electron chi connectivity index (χ1n) is 16.1. The van der Waals surface area contributed by atoms with Crippen LogP contribution >= 0.6 is 0 Å². The normalized spacial score (nSPS) is 44.0. The zero-order valence-corrected chi connectivity index (χ0v) is 26.8. The molecule has 1 heterocycles. The van der Waals surface area contributed by atoms with Crippen molar-refractivity contribution in [3.8, 4) is 0 Å². The Morgan fingerprint density at radius 1 is 0.930 bits per heavy atom. The minimum Gasteiger partial charge on any atom is -0.463 e. The average Bonchev–Trinajstić information content (AvgIpc) is 3.30. The fourth-order valence-electron chi connectivity index (χ4n) is 10.9. The maximum absolute atomic E-state index is 15.0. The zero-order valence-electron chi connectivity index (χ0n) is 26.0. The third-order valence-corrected chi connectivity index (χ3v) is 14.7. The van der Waals surface area contributed by atoms with Crippen LogP contribution in [-0.2, 0) is 38.4 Å². The average molecular weight is 615 g/mol. The van der Waals surface area contributed by atoms with E-state index in [2.05, 4.69) is 20.8 Å². The molecule has 0 bridgehead atoms. The van der Waals surface area contributed by atoms with Gasteiger partial charge in [0.25, 0.3) is 0 Å². The van der Waals surface area contributed by atoms with Crippen LogP contribution in [0.15, 0.2) is 35.2 Å². The Morgan fingerprint density at radius 2 is 1.60 bits per heavy atom. The predicted octanol–water partition coefficient (Wildman–Crippen LogP) is 5.52. The maximum atomic E-state index is 15.0. The number of ether oxygens (including phenoxy) is 3. The van der Waals surface area contributed by atoms with Crippen LogP contribution in [0.2, 0.25) is 0 Å². The highest BCUT2D eigenvalue weighted by Crippen LogP contribution is 2.71. The second kappa shape index (κ2) is 10.9. The molecule has 1 saturated heterocycles. The van der Waals surface area contributed by atoms with Gasteiger partial charge in [0.15, 0.2) is 9.84 Å². The van der Waals surface area contributed by atoms with Gasteiger partial charge in [-0.25, -0.2) is 8.42 Å². The number of benzene rings is 1. The van der Waals surface area contributed by atoms with Crippen LogP contribution in [0, 0.1) is 46.3 Å². The van der Waals surface area contributed by atoms with Crippen molar-refractivity contribution < 1.29 is 37.0 Å². The third kappa shape index (κ3) is 4.83. The highest BCUT2D eigenvalue weighted by Gasteiger charge is 2.73. The molecule has 0 unspecified atom stereocenters. The van der Waals surface area contributed by atoms with Crippen LogP contribution in [0.1, 0.15) is 86.0 Å². The predicted molar refractivity (Wildman–Crippen MR) is 158 cm³/mol. The molecule has 5 aliphatic rings. The molecule has 0 amide bonds. The summed E-state index contributed by atoms with van der Waals surface area (Å²) in [7, 11) is -4.01. The number of hydrogen-bond acceptors (Lipinski definition) is 8. The highest BCUT2D eigenvalue weighted by molar-refractivity contribution is 7.92. The minimum absolute atomic E-state index is 0.0330. The Labute approximate surface area is 255 Å². The SMILES string of the molecule is CC(=O)O[C@@H]1CC[C@@]2(C)[C@@H](C1)C[C@@H](OC(C)=O)[C@@H]1[C@@H]2[C@@H](S(=O)(=O)c2ccccc2)[C@@H]2OC(=O)CC[C@@H](C)[C@H]3CC[C@@H]1[C@@]32C. The Kier molecular flexibility index (Phi) is 7.74. The van der Waals surface area contributed by atoms with Gasteiger partial charge in [0.1, 0.15) is 23.6 Å². The standard InChI is InChI=1S/C34H46O8S/c1-19-11-14-28(37)42-32-31(43(38,39)24-9-7-6-8-10-24)30-29(26-13-12-25(19)34(26,32)5)27(41-21(3)36)18-22-17-23(40-20(2)35)15-16-33(22,30)4/h6-10,19,22-23,25-27,29-32H,11-18H2,1-5H3/t19-,22+,23-,25-,26+,27-,29-,30-,31-,32+,33+,34-/m1/s1. The van der Waals surface area contributed by atoms with Crippen molar-refractivity contribution in [3.05, 3.63) is 30.3 Å². The molecule has 0 spiro atoms. The molecule has 0 N–H and O–H groups in total. The van der Waals surface area contributed by atoms with Crippen molar-refractivity contribution in [1.29, 1.82) is 0 Å². The lowest BCUT2D eigenvalue weighted by molar-refractivity contribution is -0.225. The maximum Gasteiger partial charge on any atom is 0.306 e. The summed E-state index contributed by atoms with van der Waals surface area (Å²) in [5.74, 6) is -1.22. The van der Waals surface area contributed by atoms with Gasteiger partial charge in [-0.05, 0) is 92.1 Å². The van der Waals surface area contributed by atoms with Crippen molar-refractivity contribution in [2.45, 2.75) is 114 Å². The molecule has 0 radical (unpaired) electrons. The van der Waals surface area contributed by atoms with E-state index >= 15 is 8.42 Å². The smallest absolute Gasteiger partial charge is 0.306 e. The van der Waals surface area contributed by atoms with E-state index in [-0.39, 0.29) is 64.9 Å². The summed E-state index contributed by atoms with van der Waals surface area (Å²) in [4.78, 5) is 38.1. The molecule has 8 nitrogen and oxygen atoms in total. The molecule has 1 aliphatic heterocycles. The monoisotopic (exact) mass is 614 g/mol. The van der Waals surface area contributed by atoms with Gasteiger partial charge >= 0.3 is 17.9 Å². The van der Waals surface area contributed by atoms with Gasteiger partial charge in [0.2, 0.25) is 0 Å². The van der Waals surface area contributed by atoms with E-state index in [9.17, 15) is 14.4 Å².